The normalized spacial score (nSPS) is 12.5. The highest BCUT2D eigenvalue weighted by molar-refractivity contribution is 6.20. The van der Waals surface area contributed by atoms with Gasteiger partial charge in [-0.25, -0.2) is 17.6 Å². The van der Waals surface area contributed by atoms with Gasteiger partial charge in [-0.15, -0.1) is 11.6 Å². The number of hydrogen-bond donors (Lipinski definition) is 0. The zero-order valence-corrected chi connectivity index (χ0v) is 10.4. The van der Waals surface area contributed by atoms with E-state index in [1.807, 2.05) is 0 Å². The van der Waals surface area contributed by atoms with Crippen LogP contribution in [0.2, 0.25) is 0 Å². The summed E-state index contributed by atoms with van der Waals surface area (Å²) in [5, 5.41) is -0.935. The molecule has 0 N–H and O–H groups in total. The van der Waals surface area contributed by atoms with Crippen LogP contribution in [0.15, 0.2) is 36.4 Å². The molecule has 100 valence electrons. The molecule has 0 saturated heterocycles. The molecule has 2 aromatic rings. The third-order valence-electron chi connectivity index (χ3n) is 2.73. The highest BCUT2D eigenvalue weighted by Crippen LogP contribution is 2.29. The van der Waals surface area contributed by atoms with Crippen molar-refractivity contribution in [1.29, 1.82) is 0 Å². The minimum atomic E-state index is -1.05. The Morgan fingerprint density at radius 1 is 0.947 bits per heavy atom. The fraction of sp³-hybridized carbons (Fsp3) is 0.143. The lowest BCUT2D eigenvalue weighted by Gasteiger charge is -2.12. The van der Waals surface area contributed by atoms with Gasteiger partial charge in [0, 0.05) is 11.6 Å². The molecule has 0 nitrogen and oxygen atoms in total. The molecule has 0 radical (unpaired) electrons. The van der Waals surface area contributed by atoms with Crippen molar-refractivity contribution in [1.82, 2.24) is 0 Å². The molecule has 5 heteroatoms. The second kappa shape index (κ2) is 5.61. The van der Waals surface area contributed by atoms with E-state index in [0.29, 0.717) is 0 Å². The number of halogens is 5. The van der Waals surface area contributed by atoms with Crippen LogP contribution in [0.25, 0.3) is 0 Å². The molecule has 0 spiro atoms. The third kappa shape index (κ3) is 3.07. The Kier molecular flexibility index (Phi) is 4.10. The lowest BCUT2D eigenvalue weighted by Crippen LogP contribution is -2.02. The summed E-state index contributed by atoms with van der Waals surface area (Å²) >= 11 is 5.96. The van der Waals surface area contributed by atoms with E-state index in [9.17, 15) is 17.6 Å². The van der Waals surface area contributed by atoms with Gasteiger partial charge in [0.05, 0.1) is 5.38 Å². The van der Waals surface area contributed by atoms with E-state index in [1.54, 1.807) is 0 Å². The van der Waals surface area contributed by atoms with Crippen LogP contribution in [-0.4, -0.2) is 0 Å². The molecular formula is C14H9ClF4. The molecule has 0 aliphatic heterocycles. The summed E-state index contributed by atoms with van der Waals surface area (Å²) in [4.78, 5) is 0. The summed E-state index contributed by atoms with van der Waals surface area (Å²) < 4.78 is 52.7. The van der Waals surface area contributed by atoms with E-state index < -0.39 is 28.6 Å². The van der Waals surface area contributed by atoms with Crippen molar-refractivity contribution in [3.8, 4) is 0 Å². The standard InChI is InChI=1S/C14H9ClF4/c15-11(10-2-1-3-12(17)14(10)19)6-8-4-5-9(16)7-13(8)18/h1-5,7,11H,6H2. The van der Waals surface area contributed by atoms with Gasteiger partial charge in [-0.05, 0) is 24.1 Å². The van der Waals surface area contributed by atoms with Gasteiger partial charge in [0.2, 0.25) is 0 Å². The van der Waals surface area contributed by atoms with Crippen LogP contribution in [0.1, 0.15) is 16.5 Å². The van der Waals surface area contributed by atoms with Crippen molar-refractivity contribution in [2.45, 2.75) is 11.8 Å². The van der Waals surface area contributed by atoms with Crippen molar-refractivity contribution >= 4 is 11.6 Å². The zero-order chi connectivity index (χ0) is 14.0. The second-order valence-electron chi connectivity index (χ2n) is 4.05. The van der Waals surface area contributed by atoms with Crippen LogP contribution in [0.5, 0.6) is 0 Å². The van der Waals surface area contributed by atoms with E-state index in [0.717, 1.165) is 18.2 Å². The second-order valence-corrected chi connectivity index (χ2v) is 4.58. The van der Waals surface area contributed by atoms with Gasteiger partial charge in [-0.1, -0.05) is 18.2 Å². The van der Waals surface area contributed by atoms with Gasteiger partial charge in [-0.2, -0.15) is 0 Å². The maximum absolute atomic E-state index is 13.5. The largest absolute Gasteiger partial charge is 0.207 e. The molecule has 0 fully saturated rings. The fourth-order valence-electron chi connectivity index (χ4n) is 1.75. The van der Waals surface area contributed by atoms with E-state index >= 15 is 0 Å². The molecule has 1 atom stereocenters. The molecule has 0 amide bonds. The van der Waals surface area contributed by atoms with Crippen LogP contribution < -0.4 is 0 Å². The molecule has 1 unspecified atom stereocenters. The fourth-order valence-corrected chi connectivity index (χ4v) is 2.09. The van der Waals surface area contributed by atoms with E-state index in [-0.39, 0.29) is 17.5 Å². The SMILES string of the molecule is Fc1ccc(CC(Cl)c2cccc(F)c2F)c(F)c1. The highest BCUT2D eigenvalue weighted by atomic mass is 35.5. The zero-order valence-electron chi connectivity index (χ0n) is 9.64. The van der Waals surface area contributed by atoms with Crippen LogP contribution in [0.3, 0.4) is 0 Å². The molecule has 19 heavy (non-hydrogen) atoms. The molecule has 0 aromatic heterocycles. The number of rotatable bonds is 3. The highest BCUT2D eigenvalue weighted by Gasteiger charge is 2.18. The molecular weight excluding hydrogens is 280 g/mol. The Balaban J connectivity index is 2.25. The number of benzene rings is 2. The van der Waals surface area contributed by atoms with Crippen LogP contribution in [0.4, 0.5) is 17.6 Å². The van der Waals surface area contributed by atoms with Crippen molar-refractivity contribution in [2.24, 2.45) is 0 Å². The van der Waals surface area contributed by atoms with Gasteiger partial charge < -0.3 is 0 Å². The Labute approximate surface area is 112 Å². The van der Waals surface area contributed by atoms with E-state index in [1.165, 1.54) is 18.2 Å². The molecule has 2 aromatic carbocycles. The number of alkyl halides is 1. The smallest absolute Gasteiger partial charge is 0.163 e. The molecule has 0 bridgehead atoms. The van der Waals surface area contributed by atoms with Crippen molar-refractivity contribution < 1.29 is 17.6 Å². The Bertz CT molecular complexity index is 598. The summed E-state index contributed by atoms with van der Waals surface area (Å²) in [6, 6.07) is 6.67. The van der Waals surface area contributed by atoms with Crippen molar-refractivity contribution in [2.75, 3.05) is 0 Å². The van der Waals surface area contributed by atoms with Crippen LogP contribution in [-0.2, 0) is 6.42 Å². The minimum absolute atomic E-state index is 0.0506. The average molecular weight is 289 g/mol. The lowest BCUT2D eigenvalue weighted by molar-refractivity contribution is 0.496. The first-order valence-corrected chi connectivity index (χ1v) is 5.94. The number of hydrogen-bond acceptors (Lipinski definition) is 0. The average Bonchev–Trinajstić information content (AvgIpc) is 2.36. The third-order valence-corrected chi connectivity index (χ3v) is 3.12. The predicted molar refractivity (Wildman–Crippen MR) is 65.0 cm³/mol. The van der Waals surface area contributed by atoms with Gasteiger partial charge in [0.15, 0.2) is 11.6 Å². The summed E-state index contributed by atoms with van der Waals surface area (Å²) in [6.45, 7) is 0. The molecule has 2 rings (SSSR count). The van der Waals surface area contributed by atoms with Gasteiger partial charge in [0.1, 0.15) is 11.6 Å². The minimum Gasteiger partial charge on any atom is -0.207 e. The lowest BCUT2D eigenvalue weighted by atomic mass is 10.0. The summed E-state index contributed by atoms with van der Waals surface area (Å²) in [7, 11) is 0. The Morgan fingerprint density at radius 2 is 1.68 bits per heavy atom. The first kappa shape index (κ1) is 13.9. The summed E-state index contributed by atoms with van der Waals surface area (Å²) in [5.41, 5.74) is 0.0930. The monoisotopic (exact) mass is 288 g/mol. The topological polar surface area (TPSA) is 0 Å². The van der Waals surface area contributed by atoms with Gasteiger partial charge >= 0.3 is 0 Å². The van der Waals surface area contributed by atoms with Gasteiger partial charge in [0.25, 0.3) is 0 Å². The van der Waals surface area contributed by atoms with E-state index in [4.69, 9.17) is 11.6 Å². The summed E-state index contributed by atoms with van der Waals surface area (Å²) in [5.74, 6) is -3.53. The maximum atomic E-state index is 13.5. The maximum Gasteiger partial charge on any atom is 0.163 e. The van der Waals surface area contributed by atoms with Crippen LogP contribution in [0, 0.1) is 23.3 Å². The first-order chi connectivity index (χ1) is 8.99. The van der Waals surface area contributed by atoms with Crippen LogP contribution >= 0.6 is 11.6 Å². The Hall–Kier alpha value is -1.55. The molecule has 0 saturated carbocycles. The molecule has 0 heterocycles. The molecule has 0 aliphatic rings. The molecule has 0 aliphatic carbocycles. The van der Waals surface area contributed by atoms with Gasteiger partial charge in [-0.3, -0.25) is 0 Å². The first-order valence-electron chi connectivity index (χ1n) is 5.51. The van der Waals surface area contributed by atoms with E-state index in [2.05, 4.69) is 0 Å². The quantitative estimate of drug-likeness (QED) is 0.564. The van der Waals surface area contributed by atoms with Crippen molar-refractivity contribution in [3.05, 3.63) is 70.8 Å². The summed E-state index contributed by atoms with van der Waals surface area (Å²) in [6.07, 6.45) is -0.0615. The van der Waals surface area contributed by atoms with Crippen molar-refractivity contribution in [3.63, 3.8) is 0 Å². The Morgan fingerprint density at radius 3 is 2.37 bits per heavy atom. The predicted octanol–water partition coefficient (Wildman–Crippen LogP) is 4.77.